The number of nitrogens with zero attached hydrogens (tertiary/aromatic N) is 3. The second-order valence-electron chi connectivity index (χ2n) is 12.6. The van der Waals surface area contributed by atoms with E-state index in [0.717, 1.165) is 11.1 Å². The molecule has 45 heavy (non-hydrogen) atoms. The molecule has 0 spiro atoms. The highest BCUT2D eigenvalue weighted by molar-refractivity contribution is 6.02. The van der Waals surface area contributed by atoms with Crippen LogP contribution in [0.4, 0.5) is 10.5 Å². The molecular weight excluding hydrogens is 572 g/mol. The highest BCUT2D eigenvalue weighted by Gasteiger charge is 2.47. The van der Waals surface area contributed by atoms with Gasteiger partial charge in [-0.1, -0.05) is 78.9 Å². The maximum atomic E-state index is 14.2. The summed E-state index contributed by atoms with van der Waals surface area (Å²) < 4.78 is 5.66. The van der Waals surface area contributed by atoms with Crippen LogP contribution >= 0.6 is 0 Å². The summed E-state index contributed by atoms with van der Waals surface area (Å²) in [7, 11) is 1.68. The van der Waals surface area contributed by atoms with E-state index in [1.165, 1.54) is 9.80 Å². The Labute approximate surface area is 263 Å². The van der Waals surface area contributed by atoms with Gasteiger partial charge in [0.05, 0.1) is 11.8 Å². The summed E-state index contributed by atoms with van der Waals surface area (Å²) >= 11 is 0. The Morgan fingerprint density at radius 1 is 0.933 bits per heavy atom. The van der Waals surface area contributed by atoms with Crippen molar-refractivity contribution in [2.75, 3.05) is 18.5 Å². The third kappa shape index (κ3) is 7.17. The standard InChI is InChI=1S/C35H40N4O6/c1-35(2,3)45-34(44)39-27-18-12-11-17-25(27)19-29(39)32(42)38-22-26(40)20-28(38)31(41)36-30(24-15-9-6-10-16-24)33(43)37(4)21-23-13-7-5-8-14-23/h5-18,26,28-30,40H,19-22H2,1-4H3,(H,36,41)/t26-,28+,29+,30?/m1/s1. The van der Waals surface area contributed by atoms with E-state index in [2.05, 4.69) is 5.32 Å². The zero-order chi connectivity index (χ0) is 32.3. The number of carbonyl (C=O) groups excluding carboxylic acids is 4. The number of aliphatic hydroxyl groups is 1. The molecule has 10 nitrogen and oxygen atoms in total. The molecule has 10 heteroatoms. The number of carbonyl (C=O) groups is 4. The number of amides is 4. The van der Waals surface area contributed by atoms with Gasteiger partial charge in [0.15, 0.2) is 0 Å². The van der Waals surface area contributed by atoms with Crippen molar-refractivity contribution in [3.05, 3.63) is 102 Å². The van der Waals surface area contributed by atoms with Gasteiger partial charge in [-0.15, -0.1) is 0 Å². The molecule has 0 radical (unpaired) electrons. The lowest BCUT2D eigenvalue weighted by atomic mass is 10.0. The Morgan fingerprint density at radius 3 is 2.22 bits per heavy atom. The molecule has 2 aliphatic heterocycles. The Morgan fingerprint density at radius 2 is 1.56 bits per heavy atom. The van der Waals surface area contributed by atoms with Crippen molar-refractivity contribution in [2.24, 2.45) is 0 Å². The van der Waals surface area contributed by atoms with Gasteiger partial charge in [-0.3, -0.25) is 19.3 Å². The van der Waals surface area contributed by atoms with E-state index in [4.69, 9.17) is 4.74 Å². The number of fused-ring (bicyclic) bond motifs is 1. The van der Waals surface area contributed by atoms with Crippen LogP contribution < -0.4 is 10.2 Å². The van der Waals surface area contributed by atoms with E-state index in [1.807, 2.05) is 48.5 Å². The number of para-hydroxylation sites is 1. The zero-order valence-electron chi connectivity index (χ0n) is 26.1. The first-order valence-corrected chi connectivity index (χ1v) is 15.2. The summed E-state index contributed by atoms with van der Waals surface area (Å²) in [6.07, 6.45) is -1.37. The number of rotatable bonds is 7. The first kappa shape index (κ1) is 31.7. The molecule has 3 aromatic carbocycles. The van der Waals surface area contributed by atoms with Gasteiger partial charge >= 0.3 is 6.09 Å². The Hall–Kier alpha value is -4.70. The first-order chi connectivity index (χ1) is 21.4. The van der Waals surface area contributed by atoms with Gasteiger partial charge in [-0.2, -0.15) is 0 Å². The van der Waals surface area contributed by atoms with Crippen molar-refractivity contribution in [3.63, 3.8) is 0 Å². The summed E-state index contributed by atoms with van der Waals surface area (Å²) in [6, 6.07) is 22.7. The number of nitrogens with one attached hydrogen (secondary N) is 1. The Kier molecular flexibility index (Phi) is 9.24. The number of anilines is 1. The van der Waals surface area contributed by atoms with Crippen LogP contribution in [0.5, 0.6) is 0 Å². The minimum absolute atomic E-state index is 0.000760. The van der Waals surface area contributed by atoms with Gasteiger partial charge in [0, 0.05) is 33.0 Å². The van der Waals surface area contributed by atoms with Crippen LogP contribution in [0, 0.1) is 0 Å². The van der Waals surface area contributed by atoms with Gasteiger partial charge in [0.25, 0.3) is 0 Å². The molecule has 236 valence electrons. The highest BCUT2D eigenvalue weighted by atomic mass is 16.6. The average molecular weight is 613 g/mol. The van der Waals surface area contributed by atoms with Crippen LogP contribution in [-0.2, 0) is 32.1 Å². The number of likely N-dealkylation sites (N-methyl/N-ethyl adjacent to an activating group) is 1. The SMILES string of the molecule is CN(Cc1ccccc1)C(=O)C(NC(=O)[C@@H]1C[C@@H](O)CN1C(=O)[C@@H]1Cc2ccccc2N1C(=O)OC(C)(C)C)c1ccccc1. The molecule has 2 aliphatic rings. The lowest BCUT2D eigenvalue weighted by Crippen LogP contribution is -2.55. The van der Waals surface area contributed by atoms with Gasteiger partial charge < -0.3 is 25.0 Å². The van der Waals surface area contributed by atoms with E-state index in [0.29, 0.717) is 17.8 Å². The van der Waals surface area contributed by atoms with Crippen LogP contribution in [0.2, 0.25) is 0 Å². The molecule has 5 rings (SSSR count). The molecule has 0 bridgehead atoms. The smallest absolute Gasteiger partial charge is 0.415 e. The van der Waals surface area contributed by atoms with Crippen molar-refractivity contribution >= 4 is 29.5 Å². The monoisotopic (exact) mass is 612 g/mol. The molecule has 4 amide bonds. The van der Waals surface area contributed by atoms with Crippen molar-refractivity contribution < 1.29 is 29.0 Å². The minimum atomic E-state index is -1.05. The number of hydrogen-bond donors (Lipinski definition) is 2. The third-order valence-corrected chi connectivity index (χ3v) is 8.02. The first-order valence-electron chi connectivity index (χ1n) is 15.2. The zero-order valence-corrected chi connectivity index (χ0v) is 26.1. The van der Waals surface area contributed by atoms with E-state index in [1.54, 1.807) is 69.1 Å². The fourth-order valence-electron chi connectivity index (χ4n) is 5.94. The lowest BCUT2D eigenvalue weighted by Gasteiger charge is -2.33. The van der Waals surface area contributed by atoms with Crippen LogP contribution in [0.1, 0.15) is 49.9 Å². The Bertz CT molecular complexity index is 1540. The number of β-amino-alcohol motifs (C(OH)–C–C–N with tert-alkyl or cyclic N) is 1. The second kappa shape index (κ2) is 13.1. The quantitative estimate of drug-likeness (QED) is 0.419. The summed E-state index contributed by atoms with van der Waals surface area (Å²) in [4.78, 5) is 59.4. The number of aliphatic hydroxyl groups excluding tert-OH is 1. The minimum Gasteiger partial charge on any atom is -0.443 e. The summed E-state index contributed by atoms with van der Waals surface area (Å²) in [5.74, 6) is -1.36. The van der Waals surface area contributed by atoms with Crippen molar-refractivity contribution in [1.29, 1.82) is 0 Å². The molecule has 0 saturated carbocycles. The van der Waals surface area contributed by atoms with Gasteiger partial charge in [0.1, 0.15) is 23.7 Å². The van der Waals surface area contributed by atoms with E-state index in [9.17, 15) is 24.3 Å². The molecule has 0 aromatic heterocycles. The van der Waals surface area contributed by atoms with Gasteiger partial charge in [-0.25, -0.2) is 4.79 Å². The average Bonchev–Trinajstić information content (AvgIpc) is 3.60. The van der Waals surface area contributed by atoms with E-state index < -0.39 is 47.7 Å². The largest absolute Gasteiger partial charge is 0.443 e. The van der Waals surface area contributed by atoms with Crippen LogP contribution in [0.25, 0.3) is 0 Å². The normalized spacial score (nSPS) is 19.9. The molecular formula is C35H40N4O6. The molecule has 1 fully saturated rings. The van der Waals surface area contributed by atoms with Crippen LogP contribution in [-0.4, -0.2) is 76.1 Å². The van der Waals surface area contributed by atoms with Gasteiger partial charge in [-0.05, 0) is 43.5 Å². The van der Waals surface area contributed by atoms with Gasteiger partial charge in [0.2, 0.25) is 17.7 Å². The molecule has 2 heterocycles. The lowest BCUT2D eigenvalue weighted by molar-refractivity contribution is -0.141. The molecule has 1 unspecified atom stereocenters. The number of likely N-dealkylation sites (tertiary alicyclic amines) is 1. The van der Waals surface area contributed by atoms with E-state index >= 15 is 0 Å². The molecule has 0 aliphatic carbocycles. The van der Waals surface area contributed by atoms with Crippen molar-refractivity contribution in [2.45, 2.75) is 70.0 Å². The molecule has 1 saturated heterocycles. The predicted molar refractivity (Wildman–Crippen MR) is 169 cm³/mol. The molecule has 4 atom stereocenters. The maximum absolute atomic E-state index is 14.2. The molecule has 3 aromatic rings. The van der Waals surface area contributed by atoms with Crippen LogP contribution in [0.3, 0.4) is 0 Å². The van der Waals surface area contributed by atoms with Crippen molar-refractivity contribution in [1.82, 2.24) is 15.1 Å². The number of ether oxygens (including phenoxy) is 1. The predicted octanol–water partition coefficient (Wildman–Crippen LogP) is 3.83. The summed E-state index contributed by atoms with van der Waals surface area (Å²) in [5, 5.41) is 13.5. The fraction of sp³-hybridized carbons (Fsp3) is 0.371. The van der Waals surface area contributed by atoms with Crippen LogP contribution in [0.15, 0.2) is 84.9 Å². The fourth-order valence-corrected chi connectivity index (χ4v) is 5.94. The Balaban J connectivity index is 1.38. The third-order valence-electron chi connectivity index (χ3n) is 8.02. The highest BCUT2D eigenvalue weighted by Crippen LogP contribution is 2.35. The number of benzene rings is 3. The maximum Gasteiger partial charge on any atom is 0.415 e. The summed E-state index contributed by atoms with van der Waals surface area (Å²) in [6.45, 7) is 5.52. The second-order valence-corrected chi connectivity index (χ2v) is 12.6. The number of hydrogen-bond acceptors (Lipinski definition) is 6. The molecule has 2 N–H and O–H groups in total. The topological polar surface area (TPSA) is 119 Å². The van der Waals surface area contributed by atoms with E-state index in [-0.39, 0.29) is 25.3 Å². The van der Waals surface area contributed by atoms with Crippen molar-refractivity contribution in [3.8, 4) is 0 Å². The summed E-state index contributed by atoms with van der Waals surface area (Å²) in [5.41, 5.74) is 2.12.